The Hall–Kier alpha value is -1.65. The van der Waals surface area contributed by atoms with Crippen molar-refractivity contribution in [1.29, 1.82) is 0 Å². The number of carbonyl (C=O) groups is 2. The fraction of sp³-hybridized carbons (Fsp3) is 0.154. The van der Waals surface area contributed by atoms with E-state index in [1.54, 1.807) is 19.3 Å². The molecule has 0 saturated carbocycles. The van der Waals surface area contributed by atoms with Gasteiger partial charge >= 0.3 is 0 Å². The molecule has 0 aliphatic carbocycles. The topological polar surface area (TPSA) is 52.0 Å². The molecule has 2 rings (SSSR count). The van der Waals surface area contributed by atoms with Crippen molar-refractivity contribution in [2.75, 3.05) is 0 Å². The maximum absolute atomic E-state index is 12.0. The average Bonchev–Trinajstić information content (AvgIpc) is 2.79. The maximum Gasteiger partial charge on any atom is 0.173 e. The Kier molecular flexibility index (Phi) is 4.02. The van der Waals surface area contributed by atoms with Crippen molar-refractivity contribution in [3.8, 4) is 0 Å². The van der Waals surface area contributed by atoms with Crippen molar-refractivity contribution in [3.05, 3.63) is 51.8 Å². The molecule has 0 spiro atoms. The number of aromatic nitrogens is 2. The van der Waals surface area contributed by atoms with E-state index in [0.29, 0.717) is 10.6 Å². The van der Waals surface area contributed by atoms with Gasteiger partial charge in [0.15, 0.2) is 11.6 Å². The summed E-state index contributed by atoms with van der Waals surface area (Å²) >= 11 is 11.7. The first-order chi connectivity index (χ1) is 8.97. The molecule has 0 atom stereocenters. The van der Waals surface area contributed by atoms with Crippen molar-refractivity contribution in [3.63, 3.8) is 0 Å². The molecule has 1 aromatic carbocycles. The van der Waals surface area contributed by atoms with E-state index in [4.69, 9.17) is 23.2 Å². The van der Waals surface area contributed by atoms with Crippen LogP contribution in [-0.2, 0) is 7.05 Å². The summed E-state index contributed by atoms with van der Waals surface area (Å²) in [5.41, 5.74) is 0.653. The van der Waals surface area contributed by atoms with Gasteiger partial charge in [-0.3, -0.25) is 14.3 Å². The lowest BCUT2D eigenvalue weighted by molar-refractivity contribution is 0.0894. The third-order valence-electron chi connectivity index (χ3n) is 2.58. The average molecular weight is 297 g/mol. The summed E-state index contributed by atoms with van der Waals surface area (Å²) in [6.07, 6.45) is 2.73. The molecule has 0 aliphatic rings. The number of aryl methyl sites for hydroxylation is 1. The molecule has 4 nitrogen and oxygen atoms in total. The lowest BCUT2D eigenvalue weighted by Gasteiger charge is -2.03. The number of halogens is 2. The number of nitrogens with zero attached hydrogens (tertiary/aromatic N) is 2. The predicted molar refractivity (Wildman–Crippen MR) is 72.9 cm³/mol. The van der Waals surface area contributed by atoms with E-state index in [0.717, 1.165) is 0 Å². The lowest BCUT2D eigenvalue weighted by Crippen LogP contribution is -2.08. The van der Waals surface area contributed by atoms with Crippen LogP contribution in [0.4, 0.5) is 0 Å². The smallest absolute Gasteiger partial charge is 0.173 e. The molecule has 0 bridgehead atoms. The third-order valence-corrected chi connectivity index (χ3v) is 3.14. The number of Topliss-reactive ketones (excluding diaryl/α,β-unsaturated/α-hetero) is 2. The number of hydrogen-bond acceptors (Lipinski definition) is 3. The summed E-state index contributed by atoms with van der Waals surface area (Å²) in [4.78, 5) is 23.9. The highest BCUT2D eigenvalue weighted by Crippen LogP contribution is 2.22. The quantitative estimate of drug-likeness (QED) is 0.643. The van der Waals surface area contributed by atoms with Gasteiger partial charge < -0.3 is 0 Å². The van der Waals surface area contributed by atoms with E-state index >= 15 is 0 Å². The summed E-state index contributed by atoms with van der Waals surface area (Å²) in [5, 5.41) is 4.58. The molecule has 0 fully saturated rings. The van der Waals surface area contributed by atoms with Gasteiger partial charge in [0.25, 0.3) is 0 Å². The van der Waals surface area contributed by atoms with Gasteiger partial charge in [0.2, 0.25) is 0 Å². The highest BCUT2D eigenvalue weighted by Gasteiger charge is 2.17. The van der Waals surface area contributed by atoms with E-state index in [1.807, 2.05) is 0 Å². The summed E-state index contributed by atoms with van der Waals surface area (Å²) in [6, 6.07) is 4.58. The van der Waals surface area contributed by atoms with Gasteiger partial charge in [-0.2, -0.15) is 5.10 Å². The van der Waals surface area contributed by atoms with Gasteiger partial charge in [-0.25, -0.2) is 0 Å². The normalized spacial score (nSPS) is 10.5. The second kappa shape index (κ2) is 5.55. The molecule has 0 aliphatic heterocycles. The minimum absolute atomic E-state index is 0.256. The number of benzene rings is 1. The van der Waals surface area contributed by atoms with Crippen LogP contribution >= 0.6 is 23.2 Å². The molecule has 6 heteroatoms. The zero-order chi connectivity index (χ0) is 14.0. The fourth-order valence-electron chi connectivity index (χ4n) is 1.62. The Morgan fingerprint density at radius 3 is 2.63 bits per heavy atom. The largest absolute Gasteiger partial charge is 0.294 e. The van der Waals surface area contributed by atoms with Crippen LogP contribution in [0.15, 0.2) is 30.6 Å². The molecule has 0 unspecified atom stereocenters. The molecule has 19 heavy (non-hydrogen) atoms. The van der Waals surface area contributed by atoms with Crippen molar-refractivity contribution >= 4 is 34.8 Å². The Labute approximate surface area is 119 Å². The molecule has 1 heterocycles. The van der Waals surface area contributed by atoms with E-state index in [2.05, 4.69) is 5.10 Å². The second-order valence-corrected chi connectivity index (χ2v) is 4.89. The molecule has 0 amide bonds. The summed E-state index contributed by atoms with van der Waals surface area (Å²) < 4.78 is 1.50. The fourth-order valence-corrected chi connectivity index (χ4v) is 2.01. The monoisotopic (exact) mass is 296 g/mol. The summed E-state index contributed by atoms with van der Waals surface area (Å²) in [5.74, 6) is -0.657. The molecule has 98 valence electrons. The highest BCUT2D eigenvalue weighted by atomic mass is 35.5. The number of rotatable bonds is 4. The molecule has 0 N–H and O–H groups in total. The Morgan fingerprint density at radius 2 is 2.00 bits per heavy atom. The highest BCUT2D eigenvalue weighted by molar-refractivity contribution is 6.36. The van der Waals surface area contributed by atoms with Gasteiger partial charge in [0.05, 0.1) is 23.2 Å². The molecule has 1 aromatic heterocycles. The summed E-state index contributed by atoms with van der Waals surface area (Å²) in [6.45, 7) is 0. The number of carbonyl (C=O) groups excluding carboxylic acids is 2. The Balaban J connectivity index is 2.17. The van der Waals surface area contributed by atoms with Crippen LogP contribution in [0.3, 0.4) is 0 Å². The van der Waals surface area contributed by atoms with Crippen LogP contribution in [0.2, 0.25) is 10.0 Å². The first kappa shape index (κ1) is 13.8. The zero-order valence-electron chi connectivity index (χ0n) is 10.1. The van der Waals surface area contributed by atoms with E-state index in [9.17, 15) is 9.59 Å². The van der Waals surface area contributed by atoms with Crippen molar-refractivity contribution in [2.45, 2.75) is 6.42 Å². The second-order valence-electron chi connectivity index (χ2n) is 4.05. The summed E-state index contributed by atoms with van der Waals surface area (Å²) in [7, 11) is 1.70. The lowest BCUT2D eigenvalue weighted by atomic mass is 10.0. The van der Waals surface area contributed by atoms with Crippen molar-refractivity contribution < 1.29 is 9.59 Å². The van der Waals surface area contributed by atoms with E-state index in [1.165, 1.54) is 23.0 Å². The SMILES string of the molecule is Cn1cc(C(=O)CC(=O)c2cc(Cl)ccc2Cl)cn1. The molecular formula is C13H10Cl2N2O2. The van der Waals surface area contributed by atoms with Crippen LogP contribution in [-0.4, -0.2) is 21.3 Å². The van der Waals surface area contributed by atoms with E-state index in [-0.39, 0.29) is 28.6 Å². The van der Waals surface area contributed by atoms with Crippen LogP contribution < -0.4 is 0 Å². The predicted octanol–water partition coefficient (Wildman–Crippen LogP) is 3.18. The maximum atomic E-state index is 12.0. The van der Waals surface area contributed by atoms with Crippen molar-refractivity contribution in [2.24, 2.45) is 7.05 Å². The first-order valence-corrected chi connectivity index (χ1v) is 6.23. The zero-order valence-corrected chi connectivity index (χ0v) is 11.6. The van der Waals surface area contributed by atoms with Crippen molar-refractivity contribution in [1.82, 2.24) is 9.78 Å². The minimum atomic E-state index is -0.360. The van der Waals surface area contributed by atoms with Gasteiger partial charge in [-0.05, 0) is 18.2 Å². The molecule has 0 saturated heterocycles. The van der Waals surface area contributed by atoms with Gasteiger partial charge in [0, 0.05) is 23.8 Å². The minimum Gasteiger partial charge on any atom is -0.294 e. The number of ketones is 2. The van der Waals surface area contributed by atoms with Gasteiger partial charge in [-0.15, -0.1) is 0 Å². The van der Waals surface area contributed by atoms with Gasteiger partial charge in [-0.1, -0.05) is 23.2 Å². The standard InChI is InChI=1S/C13H10Cl2N2O2/c1-17-7-8(6-16-17)12(18)5-13(19)10-4-9(14)2-3-11(10)15/h2-4,6-7H,5H2,1H3. The third kappa shape index (κ3) is 3.22. The Bertz CT molecular complexity index is 650. The molecule has 2 aromatic rings. The van der Waals surface area contributed by atoms with E-state index < -0.39 is 0 Å². The molecule has 0 radical (unpaired) electrons. The number of hydrogen-bond donors (Lipinski definition) is 0. The molecular weight excluding hydrogens is 287 g/mol. The van der Waals surface area contributed by atoms with Crippen LogP contribution in [0.1, 0.15) is 27.1 Å². The first-order valence-electron chi connectivity index (χ1n) is 5.47. The van der Waals surface area contributed by atoms with Gasteiger partial charge in [0.1, 0.15) is 0 Å². The van der Waals surface area contributed by atoms with Crippen LogP contribution in [0.5, 0.6) is 0 Å². The van der Waals surface area contributed by atoms with Crippen LogP contribution in [0.25, 0.3) is 0 Å². The van der Waals surface area contributed by atoms with Crippen LogP contribution in [0, 0.1) is 0 Å². The Morgan fingerprint density at radius 1 is 1.26 bits per heavy atom.